The third-order valence-electron chi connectivity index (χ3n) is 5.32. The third kappa shape index (κ3) is 4.61. The number of nitrogens with zero attached hydrogens (tertiary/aromatic N) is 1. The predicted molar refractivity (Wildman–Crippen MR) is 103 cm³/mol. The molecule has 0 unspecified atom stereocenters. The number of hydrogen-bond acceptors (Lipinski definition) is 2. The number of anilines is 1. The van der Waals surface area contributed by atoms with E-state index in [1.54, 1.807) is 0 Å². The van der Waals surface area contributed by atoms with Crippen LogP contribution < -0.4 is 20.1 Å². The number of amides is 1. The molecule has 0 aliphatic carbocycles. The molecule has 1 atom stereocenters. The molecule has 3 N–H and O–H groups in total. The average molecular weight is 354 g/mol. The number of carbonyl (C=O) groups excluding carboxylic acids is 1. The lowest BCUT2D eigenvalue weighted by Crippen LogP contribution is -3.16. The Bertz CT molecular complexity index is 739. The average Bonchev–Trinajstić information content (AvgIpc) is 2.65. The molecule has 2 aromatic rings. The third-order valence-corrected chi connectivity index (χ3v) is 5.32. The molecule has 2 heterocycles. The fourth-order valence-electron chi connectivity index (χ4n) is 3.46. The first-order valence-corrected chi connectivity index (χ1v) is 9.44. The number of quaternary nitrogens is 1. The second-order valence-corrected chi connectivity index (χ2v) is 7.29. The van der Waals surface area contributed by atoms with Gasteiger partial charge in [0, 0.05) is 6.07 Å². The number of H-pyrrole nitrogens is 1. The van der Waals surface area contributed by atoms with Gasteiger partial charge in [-0.15, -0.1) is 0 Å². The SMILES string of the molecule is Cc1ccc([C@H](C)NC(=O)C[NH+]2CCN(c3cccc[nH+]3)CC2)cc1C. The van der Waals surface area contributed by atoms with Gasteiger partial charge in [0.25, 0.3) is 11.7 Å². The van der Waals surface area contributed by atoms with Crippen LogP contribution in [0.4, 0.5) is 5.82 Å². The number of hydrogen-bond donors (Lipinski definition) is 2. The number of benzene rings is 1. The Kier molecular flexibility index (Phi) is 5.89. The Labute approximate surface area is 156 Å². The summed E-state index contributed by atoms with van der Waals surface area (Å²) in [7, 11) is 0. The maximum Gasteiger partial charge on any atom is 0.275 e. The van der Waals surface area contributed by atoms with Gasteiger partial charge in [0.05, 0.1) is 12.2 Å². The molecule has 0 radical (unpaired) electrons. The number of pyridine rings is 1. The Hall–Kier alpha value is -2.40. The zero-order valence-electron chi connectivity index (χ0n) is 16.0. The van der Waals surface area contributed by atoms with Crippen LogP contribution in [-0.2, 0) is 4.79 Å². The van der Waals surface area contributed by atoms with E-state index in [1.165, 1.54) is 21.6 Å². The van der Waals surface area contributed by atoms with Crippen LogP contribution in [0.25, 0.3) is 0 Å². The fraction of sp³-hybridized carbons (Fsp3) is 0.429. The summed E-state index contributed by atoms with van der Waals surface area (Å²) in [6.45, 7) is 10.7. The normalized spacial score (nSPS) is 16.3. The molecule has 0 saturated carbocycles. The molecule has 1 amide bonds. The predicted octanol–water partition coefficient (Wildman–Crippen LogP) is 0.700. The van der Waals surface area contributed by atoms with Crippen LogP contribution >= 0.6 is 0 Å². The summed E-state index contributed by atoms with van der Waals surface area (Å²) in [5.41, 5.74) is 3.72. The minimum absolute atomic E-state index is 0.0430. The molecule has 1 aliphatic heterocycles. The Morgan fingerprint density at radius 2 is 1.96 bits per heavy atom. The largest absolute Gasteiger partial charge is 0.345 e. The lowest BCUT2D eigenvalue weighted by atomic mass is 10.0. The zero-order valence-corrected chi connectivity index (χ0v) is 16.0. The lowest BCUT2D eigenvalue weighted by molar-refractivity contribution is -0.892. The van der Waals surface area contributed by atoms with Crippen molar-refractivity contribution in [3.8, 4) is 0 Å². The topological polar surface area (TPSA) is 50.9 Å². The van der Waals surface area contributed by atoms with Crippen molar-refractivity contribution in [1.82, 2.24) is 5.32 Å². The van der Waals surface area contributed by atoms with Crippen LogP contribution in [0.5, 0.6) is 0 Å². The van der Waals surface area contributed by atoms with Crippen molar-refractivity contribution in [2.24, 2.45) is 0 Å². The van der Waals surface area contributed by atoms with E-state index in [2.05, 4.69) is 60.2 Å². The van der Waals surface area contributed by atoms with Gasteiger partial charge in [-0.05, 0) is 43.5 Å². The van der Waals surface area contributed by atoms with Gasteiger partial charge < -0.3 is 10.2 Å². The number of carbonyl (C=O) groups is 1. The van der Waals surface area contributed by atoms with Gasteiger partial charge in [0.1, 0.15) is 26.2 Å². The second kappa shape index (κ2) is 8.32. The number of aromatic nitrogens is 1. The molecular weight excluding hydrogens is 324 g/mol. The number of nitrogens with one attached hydrogen (secondary N) is 3. The minimum atomic E-state index is 0.0430. The van der Waals surface area contributed by atoms with Crippen molar-refractivity contribution in [2.45, 2.75) is 26.8 Å². The van der Waals surface area contributed by atoms with Crippen LogP contribution in [0.3, 0.4) is 0 Å². The maximum absolute atomic E-state index is 12.4. The Morgan fingerprint density at radius 3 is 2.62 bits per heavy atom. The first-order chi connectivity index (χ1) is 12.5. The smallest absolute Gasteiger partial charge is 0.275 e. The van der Waals surface area contributed by atoms with Crippen LogP contribution in [-0.4, -0.2) is 38.6 Å². The summed E-state index contributed by atoms with van der Waals surface area (Å²) in [5.74, 6) is 1.28. The van der Waals surface area contributed by atoms with Crippen molar-refractivity contribution < 1.29 is 14.7 Å². The molecule has 1 saturated heterocycles. The molecule has 0 bridgehead atoms. The molecule has 138 valence electrons. The number of rotatable bonds is 5. The standard InChI is InChI=1S/C21H28N4O/c1-16-7-8-19(14-17(16)2)18(3)23-21(26)15-24-10-12-25(13-11-24)20-6-4-5-9-22-20/h4-9,14,18H,10-13,15H2,1-3H3,(H,23,26)/p+2/t18-/m0/s1. The first kappa shape index (κ1) is 18.4. The minimum Gasteiger partial charge on any atom is -0.345 e. The van der Waals surface area contributed by atoms with E-state index >= 15 is 0 Å². The van der Waals surface area contributed by atoms with Crippen molar-refractivity contribution in [3.63, 3.8) is 0 Å². The van der Waals surface area contributed by atoms with Crippen molar-refractivity contribution in [2.75, 3.05) is 37.6 Å². The lowest BCUT2D eigenvalue weighted by Gasteiger charge is -2.28. The summed E-state index contributed by atoms with van der Waals surface area (Å²) >= 11 is 0. The van der Waals surface area contributed by atoms with E-state index in [1.807, 2.05) is 18.3 Å². The molecule has 5 nitrogen and oxygen atoms in total. The molecule has 0 spiro atoms. The van der Waals surface area contributed by atoms with E-state index in [9.17, 15) is 4.79 Å². The molecule has 1 aliphatic rings. The van der Waals surface area contributed by atoms with E-state index in [-0.39, 0.29) is 11.9 Å². The van der Waals surface area contributed by atoms with Gasteiger partial charge in [0.2, 0.25) is 0 Å². The zero-order chi connectivity index (χ0) is 18.5. The van der Waals surface area contributed by atoms with E-state index in [0.717, 1.165) is 32.0 Å². The first-order valence-electron chi connectivity index (χ1n) is 9.44. The molecular formula is C21H30N4O+2. The molecule has 1 aromatic carbocycles. The highest BCUT2D eigenvalue weighted by Gasteiger charge is 2.27. The monoisotopic (exact) mass is 354 g/mol. The quantitative estimate of drug-likeness (QED) is 0.831. The highest BCUT2D eigenvalue weighted by atomic mass is 16.2. The van der Waals surface area contributed by atoms with Crippen molar-refractivity contribution >= 4 is 11.7 Å². The van der Waals surface area contributed by atoms with Gasteiger partial charge in [-0.2, -0.15) is 0 Å². The van der Waals surface area contributed by atoms with E-state index < -0.39 is 0 Å². The van der Waals surface area contributed by atoms with E-state index in [0.29, 0.717) is 6.54 Å². The highest BCUT2D eigenvalue weighted by Crippen LogP contribution is 2.16. The Balaban J connectivity index is 1.47. The fourth-order valence-corrected chi connectivity index (χ4v) is 3.46. The summed E-state index contributed by atoms with van der Waals surface area (Å²) in [5, 5.41) is 3.15. The van der Waals surface area contributed by atoms with Gasteiger partial charge in [-0.1, -0.05) is 24.3 Å². The van der Waals surface area contributed by atoms with E-state index in [4.69, 9.17) is 0 Å². The maximum atomic E-state index is 12.4. The number of aryl methyl sites for hydroxylation is 2. The number of aromatic amines is 1. The summed E-state index contributed by atoms with van der Waals surface area (Å²) in [6, 6.07) is 12.6. The van der Waals surface area contributed by atoms with Gasteiger partial charge >= 0.3 is 0 Å². The van der Waals surface area contributed by atoms with Gasteiger partial charge in [-0.3, -0.25) is 9.69 Å². The molecule has 3 rings (SSSR count). The molecule has 26 heavy (non-hydrogen) atoms. The van der Waals surface area contributed by atoms with Gasteiger partial charge in [0.15, 0.2) is 6.54 Å². The molecule has 1 aromatic heterocycles. The highest BCUT2D eigenvalue weighted by molar-refractivity contribution is 5.77. The van der Waals surface area contributed by atoms with Crippen molar-refractivity contribution in [1.29, 1.82) is 0 Å². The summed E-state index contributed by atoms with van der Waals surface area (Å²) < 4.78 is 0. The second-order valence-electron chi connectivity index (χ2n) is 7.29. The van der Waals surface area contributed by atoms with Crippen LogP contribution in [0, 0.1) is 13.8 Å². The summed E-state index contributed by atoms with van der Waals surface area (Å²) in [4.78, 5) is 19.4. The van der Waals surface area contributed by atoms with Crippen LogP contribution in [0.1, 0.15) is 29.7 Å². The number of piperazine rings is 1. The Morgan fingerprint density at radius 1 is 1.19 bits per heavy atom. The van der Waals surface area contributed by atoms with Crippen molar-refractivity contribution in [3.05, 3.63) is 59.3 Å². The van der Waals surface area contributed by atoms with Gasteiger partial charge in [-0.25, -0.2) is 4.98 Å². The van der Waals surface area contributed by atoms with Crippen LogP contribution in [0.2, 0.25) is 0 Å². The molecule has 5 heteroatoms. The molecule has 1 fully saturated rings. The van der Waals surface area contributed by atoms with Crippen LogP contribution in [0.15, 0.2) is 42.6 Å². The summed E-state index contributed by atoms with van der Waals surface area (Å²) in [6.07, 6.45) is 1.95.